The zero-order chi connectivity index (χ0) is 29.4. The second-order valence-electron chi connectivity index (χ2n) is 12.3. The molecule has 208 valence electrons. The fourth-order valence-electron chi connectivity index (χ4n) is 7.56. The SMILES string of the molecule is CC1(C)c2ccccc2-c2c(Oc3c4ccccc4c(-c4cc5ccccc5c5ccccc45)c4cnccc34)cccc21. The van der Waals surface area contributed by atoms with Crippen molar-refractivity contribution < 1.29 is 4.74 Å². The van der Waals surface area contributed by atoms with Crippen LogP contribution < -0.4 is 4.74 Å². The predicted molar refractivity (Wildman–Crippen MR) is 184 cm³/mol. The number of rotatable bonds is 3. The van der Waals surface area contributed by atoms with E-state index in [1.165, 1.54) is 54.9 Å². The molecule has 1 aromatic heterocycles. The Morgan fingerprint density at radius 1 is 0.500 bits per heavy atom. The average Bonchev–Trinajstić information content (AvgIpc) is 3.31. The maximum absolute atomic E-state index is 7.12. The van der Waals surface area contributed by atoms with Gasteiger partial charge in [-0.3, -0.25) is 4.98 Å². The zero-order valence-electron chi connectivity index (χ0n) is 24.6. The monoisotopic (exact) mass is 563 g/mol. The molecule has 0 atom stereocenters. The maximum Gasteiger partial charge on any atom is 0.143 e. The quantitative estimate of drug-likeness (QED) is 0.158. The summed E-state index contributed by atoms with van der Waals surface area (Å²) in [5, 5.41) is 9.34. The molecule has 1 aliphatic rings. The van der Waals surface area contributed by atoms with Crippen LogP contribution in [0.3, 0.4) is 0 Å². The summed E-state index contributed by atoms with van der Waals surface area (Å²) in [6.07, 6.45) is 3.88. The number of ether oxygens (including phenoxy) is 1. The molecule has 44 heavy (non-hydrogen) atoms. The van der Waals surface area contributed by atoms with Crippen molar-refractivity contribution in [1.82, 2.24) is 4.98 Å². The van der Waals surface area contributed by atoms with Gasteiger partial charge in [0.2, 0.25) is 0 Å². The lowest BCUT2D eigenvalue weighted by Gasteiger charge is -2.22. The summed E-state index contributed by atoms with van der Waals surface area (Å²) in [5.74, 6) is 1.75. The predicted octanol–water partition coefficient (Wildman–Crippen LogP) is 11.5. The highest BCUT2D eigenvalue weighted by Gasteiger charge is 2.37. The van der Waals surface area contributed by atoms with Crippen LogP contribution in [0.4, 0.5) is 0 Å². The van der Waals surface area contributed by atoms with Crippen molar-refractivity contribution in [3.63, 3.8) is 0 Å². The van der Waals surface area contributed by atoms with E-state index in [0.29, 0.717) is 0 Å². The summed E-state index contributed by atoms with van der Waals surface area (Å²) in [6, 6.07) is 45.7. The Labute approximate surface area is 256 Å². The van der Waals surface area contributed by atoms with E-state index in [9.17, 15) is 0 Å². The molecule has 9 rings (SSSR count). The third-order valence-electron chi connectivity index (χ3n) is 9.59. The van der Waals surface area contributed by atoms with Crippen LogP contribution in [0.2, 0.25) is 0 Å². The Morgan fingerprint density at radius 3 is 2.02 bits per heavy atom. The smallest absolute Gasteiger partial charge is 0.143 e. The van der Waals surface area contributed by atoms with Gasteiger partial charge in [0.05, 0.1) is 0 Å². The van der Waals surface area contributed by atoms with Gasteiger partial charge in [-0.05, 0) is 72.9 Å². The highest BCUT2D eigenvalue weighted by atomic mass is 16.5. The number of nitrogens with zero attached hydrogens (tertiary/aromatic N) is 1. The first-order chi connectivity index (χ1) is 21.6. The van der Waals surface area contributed by atoms with Gasteiger partial charge < -0.3 is 4.74 Å². The number of hydrogen-bond acceptors (Lipinski definition) is 2. The summed E-state index contributed by atoms with van der Waals surface area (Å²) in [7, 11) is 0. The molecule has 0 saturated carbocycles. The molecule has 0 saturated heterocycles. The van der Waals surface area contributed by atoms with E-state index in [-0.39, 0.29) is 5.41 Å². The second kappa shape index (κ2) is 9.26. The van der Waals surface area contributed by atoms with Crippen LogP contribution in [0, 0.1) is 0 Å². The Balaban J connectivity index is 1.35. The summed E-state index contributed by atoms with van der Waals surface area (Å²) in [5.41, 5.74) is 7.36. The molecule has 1 aliphatic carbocycles. The number of fused-ring (bicyclic) bond motifs is 8. The Bertz CT molecular complexity index is 2400. The number of benzene rings is 7. The van der Waals surface area contributed by atoms with Gasteiger partial charge in [-0.2, -0.15) is 0 Å². The fourth-order valence-corrected chi connectivity index (χ4v) is 7.56. The van der Waals surface area contributed by atoms with Crippen LogP contribution in [-0.2, 0) is 5.41 Å². The largest absolute Gasteiger partial charge is 0.455 e. The van der Waals surface area contributed by atoms with Crippen molar-refractivity contribution in [2.75, 3.05) is 0 Å². The molecule has 0 fully saturated rings. The van der Waals surface area contributed by atoms with Gasteiger partial charge in [-0.1, -0.05) is 123 Å². The van der Waals surface area contributed by atoms with Crippen LogP contribution in [0.1, 0.15) is 25.0 Å². The molecule has 2 nitrogen and oxygen atoms in total. The number of aromatic nitrogens is 1. The maximum atomic E-state index is 7.12. The second-order valence-corrected chi connectivity index (χ2v) is 12.3. The number of hydrogen-bond donors (Lipinski definition) is 0. The van der Waals surface area contributed by atoms with Crippen molar-refractivity contribution in [3.8, 4) is 33.8 Å². The van der Waals surface area contributed by atoms with E-state index in [1.54, 1.807) is 0 Å². The molecule has 0 unspecified atom stereocenters. The first kappa shape index (κ1) is 25.1. The van der Waals surface area contributed by atoms with Crippen LogP contribution in [0.25, 0.3) is 65.3 Å². The lowest BCUT2D eigenvalue weighted by Crippen LogP contribution is -2.14. The minimum Gasteiger partial charge on any atom is -0.455 e. The molecule has 0 bridgehead atoms. The topological polar surface area (TPSA) is 22.1 Å². The summed E-state index contributed by atoms with van der Waals surface area (Å²) in [6.45, 7) is 4.61. The van der Waals surface area contributed by atoms with Crippen molar-refractivity contribution >= 4 is 43.1 Å². The van der Waals surface area contributed by atoms with Gasteiger partial charge in [-0.25, -0.2) is 0 Å². The van der Waals surface area contributed by atoms with Crippen molar-refractivity contribution in [2.24, 2.45) is 0 Å². The third-order valence-corrected chi connectivity index (χ3v) is 9.59. The van der Waals surface area contributed by atoms with Gasteiger partial charge in [0.15, 0.2) is 0 Å². The Hall–Kier alpha value is -5.47. The van der Waals surface area contributed by atoms with Crippen molar-refractivity contribution in [1.29, 1.82) is 0 Å². The molecule has 1 heterocycles. The van der Waals surface area contributed by atoms with E-state index in [4.69, 9.17) is 4.74 Å². The first-order valence-electron chi connectivity index (χ1n) is 15.2. The van der Waals surface area contributed by atoms with E-state index >= 15 is 0 Å². The Morgan fingerprint density at radius 2 is 1.16 bits per heavy atom. The fraction of sp³-hybridized carbons (Fsp3) is 0.0714. The molecule has 0 N–H and O–H groups in total. The average molecular weight is 564 g/mol. The molecule has 0 spiro atoms. The van der Waals surface area contributed by atoms with Crippen LogP contribution in [0.15, 0.2) is 140 Å². The highest BCUT2D eigenvalue weighted by molar-refractivity contribution is 6.23. The van der Waals surface area contributed by atoms with Gasteiger partial charge in [0, 0.05) is 39.5 Å². The molecule has 0 aliphatic heterocycles. The minimum absolute atomic E-state index is 0.0969. The summed E-state index contributed by atoms with van der Waals surface area (Å²) >= 11 is 0. The van der Waals surface area contributed by atoms with Crippen LogP contribution in [0.5, 0.6) is 11.5 Å². The first-order valence-corrected chi connectivity index (χ1v) is 15.2. The molecular weight excluding hydrogens is 534 g/mol. The van der Waals surface area contributed by atoms with Gasteiger partial charge in [-0.15, -0.1) is 0 Å². The minimum atomic E-state index is -0.0969. The van der Waals surface area contributed by atoms with Crippen molar-refractivity contribution in [2.45, 2.75) is 19.3 Å². The van der Waals surface area contributed by atoms with Crippen molar-refractivity contribution in [3.05, 3.63) is 151 Å². The standard InChI is InChI=1S/C42H29NO/c1-42(2)36-19-10-9-18-33(36)40-37(42)20-11-21-38(40)44-41-31-17-8-7-16-30(31)39(35-25-43-23-22-32(35)41)34-24-26-12-3-4-13-27(26)28-14-5-6-15-29(28)34/h3-25H,1-2H3. The van der Waals surface area contributed by atoms with E-state index in [2.05, 4.69) is 146 Å². The summed E-state index contributed by atoms with van der Waals surface area (Å²) in [4.78, 5) is 4.65. The number of pyridine rings is 1. The molecule has 7 aromatic carbocycles. The lowest BCUT2D eigenvalue weighted by atomic mass is 9.82. The molecule has 0 radical (unpaired) electrons. The Kier molecular flexibility index (Phi) is 5.28. The van der Waals surface area contributed by atoms with E-state index in [0.717, 1.165) is 33.0 Å². The lowest BCUT2D eigenvalue weighted by molar-refractivity contribution is 0.494. The van der Waals surface area contributed by atoms with Gasteiger partial charge in [0.1, 0.15) is 11.5 Å². The summed E-state index contributed by atoms with van der Waals surface area (Å²) < 4.78 is 7.12. The zero-order valence-corrected chi connectivity index (χ0v) is 24.6. The molecule has 0 amide bonds. The molecular formula is C42H29NO. The normalized spacial score (nSPS) is 13.4. The molecule has 8 aromatic rings. The van der Waals surface area contributed by atoms with Crippen LogP contribution in [-0.4, -0.2) is 4.98 Å². The van der Waals surface area contributed by atoms with E-state index in [1.807, 2.05) is 12.4 Å². The van der Waals surface area contributed by atoms with E-state index < -0.39 is 0 Å². The van der Waals surface area contributed by atoms with Gasteiger partial charge >= 0.3 is 0 Å². The highest BCUT2D eigenvalue weighted by Crippen LogP contribution is 2.54. The van der Waals surface area contributed by atoms with Gasteiger partial charge in [0.25, 0.3) is 0 Å². The molecule has 2 heteroatoms. The third kappa shape index (κ3) is 3.46. The van der Waals surface area contributed by atoms with Crippen LogP contribution >= 0.6 is 0 Å².